The molecule has 0 amide bonds. The van der Waals surface area contributed by atoms with Crippen LogP contribution in [-0.4, -0.2) is 12.7 Å². The summed E-state index contributed by atoms with van der Waals surface area (Å²) in [5.74, 6) is 0.548. The van der Waals surface area contributed by atoms with Gasteiger partial charge in [-0.15, -0.1) is 0 Å². The van der Waals surface area contributed by atoms with E-state index in [0.717, 1.165) is 13.0 Å². The van der Waals surface area contributed by atoms with Gasteiger partial charge in [-0.2, -0.15) is 0 Å². The second-order valence-electron chi connectivity index (χ2n) is 5.23. The van der Waals surface area contributed by atoms with E-state index in [1.54, 1.807) is 0 Å². The first-order valence-electron chi connectivity index (χ1n) is 6.61. The van der Waals surface area contributed by atoms with Crippen molar-refractivity contribution in [2.75, 3.05) is 6.61 Å². The lowest BCUT2D eigenvalue weighted by molar-refractivity contribution is 0.0725. The zero-order valence-electron chi connectivity index (χ0n) is 10.7. The van der Waals surface area contributed by atoms with E-state index in [9.17, 15) is 0 Å². The summed E-state index contributed by atoms with van der Waals surface area (Å²) in [6.45, 7) is 3.06. The van der Waals surface area contributed by atoms with Crippen LogP contribution in [0.2, 0.25) is 0 Å². The van der Waals surface area contributed by atoms with Gasteiger partial charge in [-0.1, -0.05) is 43.3 Å². The molecule has 0 bridgehead atoms. The van der Waals surface area contributed by atoms with Crippen LogP contribution in [0.5, 0.6) is 0 Å². The van der Waals surface area contributed by atoms with E-state index in [-0.39, 0.29) is 12.1 Å². The van der Waals surface area contributed by atoms with E-state index in [4.69, 9.17) is 10.5 Å². The molecule has 2 nitrogen and oxygen atoms in total. The molecule has 1 saturated heterocycles. The molecule has 2 N–H and O–H groups in total. The van der Waals surface area contributed by atoms with Crippen LogP contribution in [0, 0.1) is 5.92 Å². The minimum absolute atomic E-state index is 0.0212. The largest absolute Gasteiger partial charge is 0.376 e. The maximum atomic E-state index is 6.36. The average molecular weight is 241 g/mol. The van der Waals surface area contributed by atoms with Gasteiger partial charge in [-0.25, -0.2) is 0 Å². The maximum absolute atomic E-state index is 6.36. The Hall–Kier alpha value is -1.38. The minimum Gasteiger partial charge on any atom is -0.376 e. The molecule has 3 unspecified atom stereocenters. The number of benzene rings is 2. The van der Waals surface area contributed by atoms with Crippen molar-refractivity contribution in [3.8, 4) is 0 Å². The highest BCUT2D eigenvalue weighted by Crippen LogP contribution is 2.30. The highest BCUT2D eigenvalue weighted by molar-refractivity contribution is 5.83. The lowest BCUT2D eigenvalue weighted by Crippen LogP contribution is -2.29. The molecule has 0 aliphatic carbocycles. The van der Waals surface area contributed by atoms with Crippen molar-refractivity contribution in [3.05, 3.63) is 48.0 Å². The monoisotopic (exact) mass is 241 g/mol. The van der Waals surface area contributed by atoms with Gasteiger partial charge in [-0.05, 0) is 34.7 Å². The predicted octanol–water partition coefficient (Wildman–Crippen LogP) is 3.26. The highest BCUT2D eigenvalue weighted by atomic mass is 16.5. The van der Waals surface area contributed by atoms with Crippen molar-refractivity contribution >= 4 is 10.8 Å². The van der Waals surface area contributed by atoms with Gasteiger partial charge in [0.2, 0.25) is 0 Å². The number of fused-ring (bicyclic) bond motifs is 1. The predicted molar refractivity (Wildman–Crippen MR) is 74.4 cm³/mol. The summed E-state index contributed by atoms with van der Waals surface area (Å²) < 4.78 is 5.77. The Morgan fingerprint density at radius 2 is 1.94 bits per heavy atom. The molecule has 3 atom stereocenters. The summed E-state index contributed by atoms with van der Waals surface area (Å²) in [6.07, 6.45) is 1.28. The third-order valence-electron chi connectivity index (χ3n) is 3.96. The van der Waals surface area contributed by atoms with Gasteiger partial charge in [-0.3, -0.25) is 0 Å². The van der Waals surface area contributed by atoms with Crippen LogP contribution >= 0.6 is 0 Å². The molecule has 2 aromatic rings. The van der Waals surface area contributed by atoms with Gasteiger partial charge in [0.1, 0.15) is 0 Å². The molecule has 2 aromatic carbocycles. The third-order valence-corrected chi connectivity index (χ3v) is 3.96. The Morgan fingerprint density at radius 1 is 1.17 bits per heavy atom. The van der Waals surface area contributed by atoms with Crippen LogP contribution < -0.4 is 5.73 Å². The molecule has 3 rings (SSSR count). The zero-order chi connectivity index (χ0) is 12.5. The first-order valence-corrected chi connectivity index (χ1v) is 6.61. The molecule has 1 heterocycles. The third kappa shape index (κ3) is 2.02. The van der Waals surface area contributed by atoms with E-state index < -0.39 is 0 Å². The zero-order valence-corrected chi connectivity index (χ0v) is 10.7. The molecule has 2 heteroatoms. The summed E-state index contributed by atoms with van der Waals surface area (Å²) in [7, 11) is 0. The van der Waals surface area contributed by atoms with Gasteiger partial charge in [0.25, 0.3) is 0 Å². The quantitative estimate of drug-likeness (QED) is 0.875. The van der Waals surface area contributed by atoms with Crippen LogP contribution in [0.4, 0.5) is 0 Å². The lowest BCUT2D eigenvalue weighted by Gasteiger charge is -2.23. The Balaban J connectivity index is 1.93. The summed E-state index contributed by atoms with van der Waals surface area (Å²) in [5, 5.41) is 2.50. The summed E-state index contributed by atoms with van der Waals surface area (Å²) in [4.78, 5) is 0. The molecule has 0 radical (unpaired) electrons. The number of nitrogens with two attached hydrogens (primary N) is 1. The molecule has 0 aromatic heterocycles. The molecule has 1 aliphatic heterocycles. The fourth-order valence-electron chi connectivity index (χ4n) is 2.78. The Labute approximate surface area is 108 Å². The molecule has 0 spiro atoms. The van der Waals surface area contributed by atoms with Crippen molar-refractivity contribution < 1.29 is 4.74 Å². The highest BCUT2D eigenvalue weighted by Gasteiger charge is 2.30. The first-order chi connectivity index (χ1) is 8.75. The van der Waals surface area contributed by atoms with Crippen LogP contribution in [0.15, 0.2) is 42.5 Å². The molecule has 1 aliphatic rings. The Morgan fingerprint density at radius 3 is 2.67 bits per heavy atom. The van der Waals surface area contributed by atoms with Crippen molar-refractivity contribution in [1.82, 2.24) is 0 Å². The number of rotatable bonds is 2. The molecular weight excluding hydrogens is 222 g/mol. The molecule has 0 saturated carbocycles. The SMILES string of the molecule is CC1CCOC1C(N)c1ccc2ccccc2c1. The molecule has 1 fully saturated rings. The summed E-state index contributed by atoms with van der Waals surface area (Å²) >= 11 is 0. The molecule has 18 heavy (non-hydrogen) atoms. The van der Waals surface area contributed by atoms with Crippen LogP contribution in [0.3, 0.4) is 0 Å². The van der Waals surface area contributed by atoms with E-state index in [0.29, 0.717) is 5.92 Å². The minimum atomic E-state index is -0.0212. The van der Waals surface area contributed by atoms with E-state index in [1.807, 2.05) is 0 Å². The number of ether oxygens (including phenoxy) is 1. The fourth-order valence-corrected chi connectivity index (χ4v) is 2.78. The molecule has 94 valence electrons. The number of hydrogen-bond donors (Lipinski definition) is 1. The average Bonchev–Trinajstić information content (AvgIpc) is 2.83. The van der Waals surface area contributed by atoms with Gasteiger partial charge in [0.05, 0.1) is 12.1 Å². The van der Waals surface area contributed by atoms with Crippen molar-refractivity contribution in [3.63, 3.8) is 0 Å². The summed E-state index contributed by atoms with van der Waals surface area (Å²) in [5.41, 5.74) is 7.53. The van der Waals surface area contributed by atoms with E-state index in [1.165, 1.54) is 16.3 Å². The first kappa shape index (κ1) is 11.7. The van der Waals surface area contributed by atoms with Gasteiger partial charge < -0.3 is 10.5 Å². The topological polar surface area (TPSA) is 35.2 Å². The van der Waals surface area contributed by atoms with Gasteiger partial charge >= 0.3 is 0 Å². The normalized spacial score (nSPS) is 25.4. The van der Waals surface area contributed by atoms with Crippen molar-refractivity contribution in [1.29, 1.82) is 0 Å². The second-order valence-corrected chi connectivity index (χ2v) is 5.23. The molecular formula is C16H19NO. The van der Waals surface area contributed by atoms with Gasteiger partial charge in [0, 0.05) is 6.61 Å². The fraction of sp³-hybridized carbons (Fsp3) is 0.375. The Kier molecular flexibility index (Phi) is 3.06. The standard InChI is InChI=1S/C16H19NO/c1-11-8-9-18-16(11)15(17)14-7-6-12-4-2-3-5-13(12)10-14/h2-7,10-11,15-16H,8-9,17H2,1H3. The van der Waals surface area contributed by atoms with Crippen LogP contribution in [-0.2, 0) is 4.74 Å². The van der Waals surface area contributed by atoms with Gasteiger partial charge in [0.15, 0.2) is 0 Å². The van der Waals surface area contributed by atoms with E-state index >= 15 is 0 Å². The number of hydrogen-bond acceptors (Lipinski definition) is 2. The van der Waals surface area contributed by atoms with Crippen LogP contribution in [0.25, 0.3) is 10.8 Å². The smallest absolute Gasteiger partial charge is 0.0793 e. The Bertz CT molecular complexity index is 552. The maximum Gasteiger partial charge on any atom is 0.0793 e. The van der Waals surface area contributed by atoms with Crippen molar-refractivity contribution in [2.24, 2.45) is 11.7 Å². The second kappa shape index (κ2) is 4.71. The lowest BCUT2D eigenvalue weighted by atomic mass is 9.92. The van der Waals surface area contributed by atoms with Crippen LogP contribution in [0.1, 0.15) is 24.9 Å². The summed E-state index contributed by atoms with van der Waals surface area (Å²) in [6, 6.07) is 14.8. The van der Waals surface area contributed by atoms with E-state index in [2.05, 4.69) is 49.4 Å². The van der Waals surface area contributed by atoms with Crippen molar-refractivity contribution in [2.45, 2.75) is 25.5 Å².